The molecule has 0 unspecified atom stereocenters. The number of aliphatic hydroxyl groups excluding tert-OH is 5. The fourth-order valence-electron chi connectivity index (χ4n) is 3.77. The van der Waals surface area contributed by atoms with Crippen LogP contribution in [0.5, 0.6) is 28.7 Å². The lowest BCUT2D eigenvalue weighted by Crippen LogP contribution is -2.60. The van der Waals surface area contributed by atoms with E-state index in [4.69, 9.17) is 14.2 Å². The highest BCUT2D eigenvalue weighted by Gasteiger charge is 2.45. The Bertz CT molecular complexity index is 1050. The number of phenolic OH excluding ortho intramolecular Hbond substituents is 3. The Labute approximate surface area is 186 Å². The molecule has 1 saturated heterocycles. The molecule has 0 aromatic heterocycles. The van der Waals surface area contributed by atoms with Gasteiger partial charge in [0.15, 0.2) is 23.7 Å². The molecule has 0 aliphatic carbocycles. The zero-order chi connectivity index (χ0) is 24.0. The molecule has 1 fully saturated rings. The smallest absolute Gasteiger partial charge is 0.229 e. The maximum absolute atomic E-state index is 12.5. The number of aromatic hydroxyl groups is 3. The SMILES string of the molecule is O=C1c2c(O)cc(O)cc2O[C@H](c2ccc(O[C@@H]3O[C@H](CO)[C@@H](O)[C@H](O)[C@H]3O)c(O)c2)[C@@H]1O. The summed E-state index contributed by atoms with van der Waals surface area (Å²) in [6.45, 7) is -0.659. The summed E-state index contributed by atoms with van der Waals surface area (Å²) in [5.74, 6) is -2.64. The maximum Gasteiger partial charge on any atom is 0.229 e. The van der Waals surface area contributed by atoms with Crippen molar-refractivity contribution in [3.05, 3.63) is 41.5 Å². The second-order valence-electron chi connectivity index (χ2n) is 7.73. The predicted molar refractivity (Wildman–Crippen MR) is 106 cm³/mol. The lowest BCUT2D eigenvalue weighted by molar-refractivity contribution is -0.277. The average molecular weight is 466 g/mol. The van der Waals surface area contributed by atoms with Crippen LogP contribution in [0.15, 0.2) is 30.3 Å². The van der Waals surface area contributed by atoms with Gasteiger partial charge in [0, 0.05) is 12.1 Å². The molecule has 2 heterocycles. The number of hydrogen-bond donors (Lipinski definition) is 8. The summed E-state index contributed by atoms with van der Waals surface area (Å²) >= 11 is 0. The quantitative estimate of drug-likeness (QED) is 0.263. The number of hydrogen-bond acceptors (Lipinski definition) is 12. The normalized spacial score (nSPS) is 31.5. The van der Waals surface area contributed by atoms with Gasteiger partial charge in [-0.25, -0.2) is 0 Å². The van der Waals surface area contributed by atoms with E-state index in [1.165, 1.54) is 12.1 Å². The molecule has 0 amide bonds. The third kappa shape index (κ3) is 4.04. The molecule has 7 atom stereocenters. The fraction of sp³-hybridized carbons (Fsp3) is 0.381. The number of ketones is 1. The zero-order valence-corrected chi connectivity index (χ0v) is 16.8. The highest BCUT2D eigenvalue weighted by molar-refractivity contribution is 6.05. The van der Waals surface area contributed by atoms with Gasteiger partial charge in [0.25, 0.3) is 0 Å². The number of aliphatic hydroxyl groups is 5. The number of rotatable bonds is 4. The van der Waals surface area contributed by atoms with Crippen LogP contribution < -0.4 is 9.47 Å². The molecule has 0 radical (unpaired) electrons. The minimum Gasteiger partial charge on any atom is -0.508 e. The third-order valence-electron chi connectivity index (χ3n) is 5.52. The maximum atomic E-state index is 12.5. The van der Waals surface area contributed by atoms with Crippen molar-refractivity contribution < 1.29 is 59.9 Å². The van der Waals surface area contributed by atoms with Crippen molar-refractivity contribution in [3.8, 4) is 28.7 Å². The second-order valence-corrected chi connectivity index (χ2v) is 7.73. The molecule has 2 aliphatic heterocycles. The van der Waals surface area contributed by atoms with Crippen molar-refractivity contribution in [1.29, 1.82) is 0 Å². The molecule has 8 N–H and O–H groups in total. The van der Waals surface area contributed by atoms with Gasteiger partial charge in [-0.05, 0) is 17.7 Å². The zero-order valence-electron chi connectivity index (χ0n) is 16.8. The van der Waals surface area contributed by atoms with E-state index in [-0.39, 0.29) is 28.4 Å². The predicted octanol–water partition coefficient (Wildman–Crippen LogP) is -1.34. The van der Waals surface area contributed by atoms with Gasteiger partial charge < -0.3 is 55.1 Å². The minimum atomic E-state index is -1.73. The van der Waals surface area contributed by atoms with Gasteiger partial charge in [0.05, 0.1) is 6.61 Å². The molecule has 4 rings (SSSR count). The van der Waals surface area contributed by atoms with Gasteiger partial charge in [-0.3, -0.25) is 4.79 Å². The average Bonchev–Trinajstić information content (AvgIpc) is 2.77. The summed E-state index contributed by atoms with van der Waals surface area (Å²) in [5.41, 5.74) is -0.147. The van der Waals surface area contributed by atoms with Crippen LogP contribution in [0.25, 0.3) is 0 Å². The van der Waals surface area contributed by atoms with Crippen molar-refractivity contribution in [1.82, 2.24) is 0 Å². The van der Waals surface area contributed by atoms with Gasteiger partial charge in [-0.15, -0.1) is 0 Å². The Kier molecular flexibility index (Phi) is 6.05. The van der Waals surface area contributed by atoms with Crippen LogP contribution in [0.4, 0.5) is 0 Å². The summed E-state index contributed by atoms with van der Waals surface area (Å²) in [5, 5.41) is 79.4. The topological polar surface area (TPSA) is 207 Å². The second kappa shape index (κ2) is 8.67. The van der Waals surface area contributed by atoms with E-state index >= 15 is 0 Å². The van der Waals surface area contributed by atoms with Crippen molar-refractivity contribution in [2.45, 2.75) is 42.9 Å². The van der Waals surface area contributed by atoms with Gasteiger partial charge in [0.1, 0.15) is 47.2 Å². The number of benzene rings is 2. The third-order valence-corrected chi connectivity index (χ3v) is 5.52. The van der Waals surface area contributed by atoms with Crippen LogP contribution in [0.2, 0.25) is 0 Å². The standard InChI is InChI=1S/C21H22O12/c22-6-13-15(26)17(28)19(30)21(33-13)32-11-2-1-7(3-9(11)24)20-18(29)16(27)14-10(25)4-8(23)5-12(14)31-20/h1-5,13,15,17-26,28-30H,6H2/t13-,15-,17+,18-,19-,20-,21-/m1/s1. The Morgan fingerprint density at radius 2 is 1.64 bits per heavy atom. The molecule has 33 heavy (non-hydrogen) atoms. The number of fused-ring (bicyclic) bond motifs is 1. The Balaban J connectivity index is 1.57. The van der Waals surface area contributed by atoms with Crippen molar-refractivity contribution in [2.75, 3.05) is 6.61 Å². The Hall–Kier alpha value is -3.13. The Morgan fingerprint density at radius 1 is 0.909 bits per heavy atom. The summed E-state index contributed by atoms with van der Waals surface area (Å²) < 4.78 is 16.2. The summed E-state index contributed by atoms with van der Waals surface area (Å²) in [7, 11) is 0. The molecule has 2 aliphatic rings. The van der Waals surface area contributed by atoms with Crippen LogP contribution in [0.3, 0.4) is 0 Å². The number of ether oxygens (including phenoxy) is 3. The number of phenols is 3. The molecule has 2 aromatic rings. The highest BCUT2D eigenvalue weighted by atomic mass is 16.7. The molecule has 0 saturated carbocycles. The van der Waals surface area contributed by atoms with Crippen LogP contribution in [0, 0.1) is 0 Å². The van der Waals surface area contributed by atoms with E-state index < -0.39 is 66.8 Å². The monoisotopic (exact) mass is 466 g/mol. The number of carbonyl (C=O) groups is 1. The molecule has 12 nitrogen and oxygen atoms in total. The van der Waals surface area contributed by atoms with Crippen molar-refractivity contribution in [3.63, 3.8) is 0 Å². The fourth-order valence-corrected chi connectivity index (χ4v) is 3.77. The summed E-state index contributed by atoms with van der Waals surface area (Å²) in [6, 6.07) is 5.72. The molecular weight excluding hydrogens is 444 g/mol. The van der Waals surface area contributed by atoms with Crippen molar-refractivity contribution in [2.24, 2.45) is 0 Å². The lowest BCUT2D eigenvalue weighted by atomic mass is 9.92. The van der Waals surface area contributed by atoms with Crippen LogP contribution in [-0.4, -0.2) is 90.1 Å². The van der Waals surface area contributed by atoms with Gasteiger partial charge in [0.2, 0.25) is 12.1 Å². The molecule has 0 spiro atoms. The van der Waals surface area contributed by atoms with E-state index in [9.17, 15) is 45.6 Å². The summed E-state index contributed by atoms with van der Waals surface area (Å²) in [6.07, 6.45) is -10.7. The first-order valence-corrected chi connectivity index (χ1v) is 9.87. The van der Waals surface area contributed by atoms with E-state index in [2.05, 4.69) is 0 Å². The van der Waals surface area contributed by atoms with E-state index in [0.29, 0.717) is 0 Å². The van der Waals surface area contributed by atoms with Crippen LogP contribution in [0.1, 0.15) is 22.0 Å². The molecule has 178 valence electrons. The molecular formula is C21H22O12. The molecule has 2 aromatic carbocycles. The van der Waals surface area contributed by atoms with Gasteiger partial charge in [-0.1, -0.05) is 6.07 Å². The largest absolute Gasteiger partial charge is 0.508 e. The number of carbonyl (C=O) groups excluding carboxylic acids is 1. The molecule has 12 heteroatoms. The first kappa shape index (κ1) is 23.0. The van der Waals surface area contributed by atoms with Crippen LogP contribution in [-0.2, 0) is 4.74 Å². The van der Waals surface area contributed by atoms with Gasteiger partial charge >= 0.3 is 0 Å². The van der Waals surface area contributed by atoms with E-state index in [1.54, 1.807) is 0 Å². The lowest BCUT2D eigenvalue weighted by Gasteiger charge is -2.39. The van der Waals surface area contributed by atoms with Gasteiger partial charge in [-0.2, -0.15) is 0 Å². The summed E-state index contributed by atoms with van der Waals surface area (Å²) in [4.78, 5) is 12.5. The van der Waals surface area contributed by atoms with E-state index in [1.807, 2.05) is 0 Å². The Morgan fingerprint density at radius 3 is 2.30 bits per heavy atom. The minimum absolute atomic E-state index is 0.142. The molecule has 0 bridgehead atoms. The first-order valence-electron chi connectivity index (χ1n) is 9.87. The van der Waals surface area contributed by atoms with E-state index in [0.717, 1.165) is 18.2 Å². The number of Topliss-reactive ketones (excluding diaryl/α,β-unsaturated/α-hetero) is 1. The van der Waals surface area contributed by atoms with Crippen LogP contribution >= 0.6 is 0 Å². The first-order chi connectivity index (χ1) is 15.6. The highest BCUT2D eigenvalue weighted by Crippen LogP contribution is 2.43. The van der Waals surface area contributed by atoms with Crippen molar-refractivity contribution >= 4 is 5.78 Å².